The van der Waals surface area contributed by atoms with Crippen molar-refractivity contribution in [3.05, 3.63) is 72.1 Å². The third-order valence-electron chi connectivity index (χ3n) is 4.80. The molecule has 2 heterocycles. The Morgan fingerprint density at radius 1 is 0.967 bits per heavy atom. The predicted octanol–water partition coefficient (Wildman–Crippen LogP) is 5.11. The van der Waals surface area contributed by atoms with Crippen molar-refractivity contribution in [2.45, 2.75) is 27.3 Å². The Bertz CT molecular complexity index is 1140. The molecule has 2 aromatic carbocycles. The molecule has 0 unspecified atom stereocenters. The summed E-state index contributed by atoms with van der Waals surface area (Å²) in [4.78, 5) is 9.20. The average molecular weight is 402 g/mol. The second kappa shape index (κ2) is 8.86. The summed E-state index contributed by atoms with van der Waals surface area (Å²) in [6.45, 7) is 7.85. The SMILES string of the molecule is CCOc1ccc(-c2nc3ncccn3c2NCc2ccc(C)cc2)cc1OCC. The standard InChI is InChI=1S/C24H26N4O2/c1-4-29-20-12-11-19(15-21(20)30-5-2)22-23(28-14-6-13-25-24(28)27-22)26-16-18-9-7-17(3)8-10-18/h6-15,26H,4-5,16H2,1-3H3. The lowest BCUT2D eigenvalue weighted by atomic mass is 10.1. The van der Waals surface area contributed by atoms with Crippen LogP contribution < -0.4 is 14.8 Å². The average Bonchev–Trinajstić information content (AvgIpc) is 3.13. The summed E-state index contributed by atoms with van der Waals surface area (Å²) in [5.41, 5.74) is 4.21. The molecule has 4 aromatic rings. The van der Waals surface area contributed by atoms with Crippen LogP contribution >= 0.6 is 0 Å². The number of anilines is 1. The fourth-order valence-corrected chi connectivity index (χ4v) is 3.35. The van der Waals surface area contributed by atoms with E-state index in [9.17, 15) is 0 Å². The first-order chi connectivity index (χ1) is 14.7. The van der Waals surface area contributed by atoms with E-state index in [-0.39, 0.29) is 0 Å². The minimum atomic E-state index is 0.564. The highest BCUT2D eigenvalue weighted by Crippen LogP contribution is 2.35. The first-order valence-electron chi connectivity index (χ1n) is 10.2. The van der Waals surface area contributed by atoms with Crippen molar-refractivity contribution in [1.82, 2.24) is 14.4 Å². The summed E-state index contributed by atoms with van der Waals surface area (Å²) in [6, 6.07) is 16.3. The summed E-state index contributed by atoms with van der Waals surface area (Å²) >= 11 is 0. The highest BCUT2D eigenvalue weighted by Gasteiger charge is 2.17. The fourth-order valence-electron chi connectivity index (χ4n) is 3.35. The number of rotatable bonds is 8. The van der Waals surface area contributed by atoms with Gasteiger partial charge in [-0.2, -0.15) is 0 Å². The summed E-state index contributed by atoms with van der Waals surface area (Å²) in [5, 5.41) is 3.55. The van der Waals surface area contributed by atoms with Gasteiger partial charge in [-0.05, 0) is 50.6 Å². The first kappa shape index (κ1) is 19.8. The third kappa shape index (κ3) is 4.08. The van der Waals surface area contributed by atoms with E-state index in [0.717, 1.165) is 22.8 Å². The summed E-state index contributed by atoms with van der Waals surface area (Å²) in [6.07, 6.45) is 3.72. The van der Waals surface area contributed by atoms with Crippen LogP contribution in [0.5, 0.6) is 11.5 Å². The molecule has 30 heavy (non-hydrogen) atoms. The lowest BCUT2D eigenvalue weighted by Crippen LogP contribution is -2.04. The van der Waals surface area contributed by atoms with Crippen LogP contribution in [-0.4, -0.2) is 27.6 Å². The maximum atomic E-state index is 5.81. The lowest BCUT2D eigenvalue weighted by molar-refractivity contribution is 0.288. The van der Waals surface area contributed by atoms with Crippen molar-refractivity contribution in [2.75, 3.05) is 18.5 Å². The van der Waals surface area contributed by atoms with Crippen LogP contribution in [0.15, 0.2) is 60.9 Å². The number of aryl methyl sites for hydroxylation is 1. The molecule has 0 saturated carbocycles. The van der Waals surface area contributed by atoms with Crippen LogP contribution in [0.3, 0.4) is 0 Å². The molecule has 0 bridgehead atoms. The number of hydrogen-bond donors (Lipinski definition) is 1. The van der Waals surface area contributed by atoms with E-state index in [1.807, 2.05) is 48.7 Å². The van der Waals surface area contributed by atoms with Gasteiger partial charge >= 0.3 is 0 Å². The smallest absolute Gasteiger partial charge is 0.235 e. The molecule has 6 nitrogen and oxygen atoms in total. The molecule has 0 fully saturated rings. The van der Waals surface area contributed by atoms with E-state index in [4.69, 9.17) is 14.5 Å². The Balaban J connectivity index is 1.74. The Labute approximate surface area is 176 Å². The van der Waals surface area contributed by atoms with Crippen molar-refractivity contribution in [1.29, 1.82) is 0 Å². The van der Waals surface area contributed by atoms with E-state index < -0.39 is 0 Å². The topological polar surface area (TPSA) is 60.7 Å². The minimum Gasteiger partial charge on any atom is -0.490 e. The lowest BCUT2D eigenvalue weighted by Gasteiger charge is -2.13. The predicted molar refractivity (Wildman–Crippen MR) is 119 cm³/mol. The number of aromatic nitrogens is 3. The molecule has 1 N–H and O–H groups in total. The van der Waals surface area contributed by atoms with E-state index in [1.165, 1.54) is 11.1 Å². The Morgan fingerprint density at radius 3 is 2.50 bits per heavy atom. The normalized spacial score (nSPS) is 10.9. The second-order valence-corrected chi connectivity index (χ2v) is 6.97. The molecule has 0 aliphatic carbocycles. The number of fused-ring (bicyclic) bond motifs is 1. The largest absolute Gasteiger partial charge is 0.490 e. The number of ether oxygens (including phenoxy) is 2. The van der Waals surface area contributed by atoms with Crippen LogP contribution in [0.25, 0.3) is 17.0 Å². The van der Waals surface area contributed by atoms with Gasteiger partial charge in [-0.25, -0.2) is 9.97 Å². The number of nitrogens with one attached hydrogen (secondary N) is 1. The monoisotopic (exact) mass is 402 g/mol. The maximum absolute atomic E-state index is 5.81. The van der Waals surface area contributed by atoms with E-state index in [0.29, 0.717) is 31.3 Å². The second-order valence-electron chi connectivity index (χ2n) is 6.97. The molecule has 0 aliphatic rings. The molecule has 6 heteroatoms. The van der Waals surface area contributed by atoms with Crippen molar-refractivity contribution in [2.24, 2.45) is 0 Å². The first-order valence-corrected chi connectivity index (χ1v) is 10.2. The summed E-state index contributed by atoms with van der Waals surface area (Å²) < 4.78 is 13.5. The van der Waals surface area contributed by atoms with Gasteiger partial charge in [0, 0.05) is 24.5 Å². The third-order valence-corrected chi connectivity index (χ3v) is 4.80. The van der Waals surface area contributed by atoms with Crippen LogP contribution in [-0.2, 0) is 6.54 Å². The zero-order chi connectivity index (χ0) is 20.9. The number of nitrogens with zero attached hydrogens (tertiary/aromatic N) is 3. The molecule has 0 aliphatic heterocycles. The number of benzene rings is 2. The zero-order valence-corrected chi connectivity index (χ0v) is 17.6. The minimum absolute atomic E-state index is 0.564. The molecule has 0 radical (unpaired) electrons. The van der Waals surface area contributed by atoms with E-state index in [2.05, 4.69) is 41.5 Å². The van der Waals surface area contributed by atoms with Gasteiger partial charge in [-0.3, -0.25) is 4.40 Å². The number of hydrogen-bond acceptors (Lipinski definition) is 5. The van der Waals surface area contributed by atoms with Gasteiger partial charge in [0.1, 0.15) is 11.5 Å². The molecule has 0 atom stereocenters. The number of imidazole rings is 1. The van der Waals surface area contributed by atoms with Gasteiger partial charge in [-0.15, -0.1) is 0 Å². The van der Waals surface area contributed by atoms with Gasteiger partial charge in [0.2, 0.25) is 5.78 Å². The van der Waals surface area contributed by atoms with Crippen LogP contribution in [0.2, 0.25) is 0 Å². The quantitative estimate of drug-likeness (QED) is 0.444. The molecule has 0 spiro atoms. The van der Waals surface area contributed by atoms with Gasteiger partial charge in [0.05, 0.1) is 13.2 Å². The van der Waals surface area contributed by atoms with Crippen LogP contribution in [0.4, 0.5) is 5.82 Å². The highest BCUT2D eigenvalue weighted by atomic mass is 16.5. The van der Waals surface area contributed by atoms with E-state index >= 15 is 0 Å². The highest BCUT2D eigenvalue weighted by molar-refractivity contribution is 5.77. The van der Waals surface area contributed by atoms with Crippen molar-refractivity contribution in [3.8, 4) is 22.8 Å². The zero-order valence-electron chi connectivity index (χ0n) is 17.6. The van der Waals surface area contributed by atoms with Crippen LogP contribution in [0, 0.1) is 6.92 Å². The Morgan fingerprint density at radius 2 is 1.73 bits per heavy atom. The molecular formula is C24H26N4O2. The Hall–Kier alpha value is -3.54. The molecule has 0 amide bonds. The maximum Gasteiger partial charge on any atom is 0.235 e. The molecule has 154 valence electrons. The fraction of sp³-hybridized carbons (Fsp3) is 0.250. The summed E-state index contributed by atoms with van der Waals surface area (Å²) in [5.74, 6) is 2.99. The van der Waals surface area contributed by atoms with Crippen molar-refractivity contribution >= 4 is 11.6 Å². The van der Waals surface area contributed by atoms with Crippen molar-refractivity contribution < 1.29 is 9.47 Å². The van der Waals surface area contributed by atoms with Crippen LogP contribution in [0.1, 0.15) is 25.0 Å². The molecule has 0 saturated heterocycles. The molecule has 4 rings (SSSR count). The molecule has 2 aromatic heterocycles. The summed E-state index contributed by atoms with van der Waals surface area (Å²) in [7, 11) is 0. The van der Waals surface area contributed by atoms with E-state index in [1.54, 1.807) is 6.20 Å². The van der Waals surface area contributed by atoms with Crippen molar-refractivity contribution in [3.63, 3.8) is 0 Å². The van der Waals surface area contributed by atoms with Gasteiger partial charge in [0.15, 0.2) is 11.5 Å². The van der Waals surface area contributed by atoms with Gasteiger partial charge < -0.3 is 14.8 Å². The van der Waals surface area contributed by atoms with Gasteiger partial charge in [0.25, 0.3) is 0 Å². The Kier molecular flexibility index (Phi) is 5.84. The van der Waals surface area contributed by atoms with Gasteiger partial charge in [-0.1, -0.05) is 29.8 Å². The molecular weight excluding hydrogens is 376 g/mol.